The highest BCUT2D eigenvalue weighted by Crippen LogP contribution is 2.29. The first kappa shape index (κ1) is 18.2. The molecule has 0 saturated carbocycles. The van der Waals surface area contributed by atoms with Gasteiger partial charge < -0.3 is 11.1 Å². The number of anilines is 4. The second-order valence-corrected chi connectivity index (χ2v) is 6.22. The van der Waals surface area contributed by atoms with E-state index >= 15 is 0 Å². The van der Waals surface area contributed by atoms with E-state index in [4.69, 9.17) is 5.73 Å². The lowest BCUT2D eigenvalue weighted by Gasteiger charge is -2.14. The Bertz CT molecular complexity index is 1170. The monoisotopic (exact) mass is 388 g/mol. The molecule has 29 heavy (non-hydrogen) atoms. The van der Waals surface area contributed by atoms with Gasteiger partial charge in [-0.25, -0.2) is 14.4 Å². The lowest BCUT2D eigenvalue weighted by molar-refractivity contribution is 0.0962. The molecule has 4 rings (SSSR count). The summed E-state index contributed by atoms with van der Waals surface area (Å²) in [5, 5.41) is 5.31. The van der Waals surface area contributed by atoms with E-state index in [1.165, 1.54) is 30.6 Å². The minimum atomic E-state index is -0.452. The molecule has 0 saturated heterocycles. The minimum absolute atomic E-state index is 0.234. The predicted molar refractivity (Wildman–Crippen MR) is 111 cm³/mol. The Morgan fingerprint density at radius 2 is 1.62 bits per heavy atom. The molecule has 0 aliphatic rings. The smallest absolute Gasteiger partial charge is 0.269 e. The van der Waals surface area contributed by atoms with Gasteiger partial charge in [-0.15, -0.1) is 0 Å². The van der Waals surface area contributed by atoms with Crippen molar-refractivity contribution in [2.45, 2.75) is 0 Å². The van der Waals surface area contributed by atoms with Crippen LogP contribution in [0, 0.1) is 5.82 Å². The fraction of sp³-hybridized carbons (Fsp3) is 0. The summed E-state index contributed by atoms with van der Waals surface area (Å²) in [6, 6.07) is 19.0. The number of carbonyl (C=O) groups is 1. The van der Waals surface area contributed by atoms with Crippen molar-refractivity contribution in [1.29, 1.82) is 0 Å². The Morgan fingerprint density at radius 3 is 2.45 bits per heavy atom. The fourth-order valence-corrected chi connectivity index (χ4v) is 2.85. The first-order valence-electron chi connectivity index (χ1n) is 8.79. The highest BCUT2D eigenvalue weighted by atomic mass is 19.1. The van der Waals surface area contributed by atoms with Gasteiger partial charge in [0, 0.05) is 16.6 Å². The highest BCUT2D eigenvalue weighted by Gasteiger charge is 2.11. The van der Waals surface area contributed by atoms with Crippen LogP contribution in [0.25, 0.3) is 10.8 Å². The van der Waals surface area contributed by atoms with E-state index in [2.05, 4.69) is 26.1 Å². The minimum Gasteiger partial charge on any atom is -0.393 e. The average Bonchev–Trinajstić information content (AvgIpc) is 2.75. The number of hydrogen-bond donors (Lipinski definition) is 4. The molecule has 8 heteroatoms. The molecule has 0 aliphatic carbocycles. The summed E-state index contributed by atoms with van der Waals surface area (Å²) < 4.78 is 13.0. The second kappa shape index (κ2) is 7.81. The van der Waals surface area contributed by atoms with Crippen LogP contribution in [-0.2, 0) is 0 Å². The summed E-state index contributed by atoms with van der Waals surface area (Å²) in [5.41, 5.74) is 12.7. The number of benzene rings is 3. The number of halogens is 1. The van der Waals surface area contributed by atoms with Gasteiger partial charge in [-0.1, -0.05) is 36.4 Å². The summed E-state index contributed by atoms with van der Waals surface area (Å²) in [7, 11) is 0. The molecule has 1 amide bonds. The third-order valence-corrected chi connectivity index (χ3v) is 4.33. The third kappa shape index (κ3) is 3.91. The number of hydrogen-bond acceptors (Lipinski definition) is 6. The number of rotatable bonds is 5. The summed E-state index contributed by atoms with van der Waals surface area (Å²) in [6.07, 6.45) is 1.33. The molecule has 0 radical (unpaired) electrons. The summed E-state index contributed by atoms with van der Waals surface area (Å²) in [4.78, 5) is 20.4. The van der Waals surface area contributed by atoms with Gasteiger partial charge in [-0.05, 0) is 35.7 Å². The van der Waals surface area contributed by atoms with Crippen LogP contribution in [0.15, 0.2) is 73.1 Å². The van der Waals surface area contributed by atoms with Crippen LogP contribution >= 0.6 is 0 Å². The molecule has 0 atom stereocenters. The average molecular weight is 388 g/mol. The van der Waals surface area contributed by atoms with Crippen molar-refractivity contribution in [1.82, 2.24) is 15.4 Å². The Morgan fingerprint density at radius 1 is 0.897 bits per heavy atom. The Kier molecular flexibility index (Phi) is 4.90. The van der Waals surface area contributed by atoms with Crippen molar-refractivity contribution in [2.24, 2.45) is 0 Å². The number of amides is 1. The maximum absolute atomic E-state index is 13.0. The molecule has 144 valence electrons. The lowest BCUT2D eigenvalue weighted by Crippen LogP contribution is -2.30. The summed E-state index contributed by atoms with van der Waals surface area (Å²) >= 11 is 0. The van der Waals surface area contributed by atoms with Crippen molar-refractivity contribution in [3.05, 3.63) is 84.4 Å². The number of nitrogens with zero attached hydrogens (tertiary/aromatic N) is 2. The van der Waals surface area contributed by atoms with Crippen molar-refractivity contribution < 1.29 is 9.18 Å². The van der Waals surface area contributed by atoms with Crippen molar-refractivity contribution >= 4 is 39.7 Å². The molecule has 0 spiro atoms. The van der Waals surface area contributed by atoms with Gasteiger partial charge in [0.25, 0.3) is 5.91 Å². The molecule has 7 nitrogen and oxygen atoms in total. The topological polar surface area (TPSA) is 105 Å². The molecule has 4 aromatic rings. The van der Waals surface area contributed by atoms with Gasteiger partial charge in [-0.3, -0.25) is 15.6 Å². The number of hydrazine groups is 1. The molecule has 1 aromatic heterocycles. The van der Waals surface area contributed by atoms with Crippen molar-refractivity contribution in [3.63, 3.8) is 0 Å². The molecular weight excluding hydrogens is 371 g/mol. The van der Waals surface area contributed by atoms with Crippen LogP contribution in [0.5, 0.6) is 0 Å². The molecule has 5 N–H and O–H groups in total. The SMILES string of the molecule is Nc1c(NNC(=O)c2ccc(F)cc2)ncnc1Nc1cccc2ccccc12. The fourth-order valence-electron chi connectivity index (χ4n) is 2.85. The largest absolute Gasteiger partial charge is 0.393 e. The van der Waals surface area contributed by atoms with Gasteiger partial charge >= 0.3 is 0 Å². The highest BCUT2D eigenvalue weighted by molar-refractivity contribution is 5.97. The van der Waals surface area contributed by atoms with Crippen LogP contribution < -0.4 is 21.9 Å². The molecule has 0 fully saturated rings. The maximum atomic E-state index is 13.0. The van der Waals surface area contributed by atoms with Crippen molar-refractivity contribution in [3.8, 4) is 0 Å². The number of aromatic nitrogens is 2. The zero-order valence-electron chi connectivity index (χ0n) is 15.2. The van der Waals surface area contributed by atoms with E-state index in [9.17, 15) is 9.18 Å². The van der Waals surface area contributed by atoms with Crippen LogP contribution in [0.3, 0.4) is 0 Å². The number of nitrogen functional groups attached to an aromatic ring is 1. The molecule has 0 aliphatic heterocycles. The van der Waals surface area contributed by atoms with E-state index in [1.807, 2.05) is 42.5 Å². The van der Waals surface area contributed by atoms with E-state index in [-0.39, 0.29) is 11.5 Å². The Labute approximate surface area is 165 Å². The van der Waals surface area contributed by atoms with Crippen LogP contribution in [0.2, 0.25) is 0 Å². The van der Waals surface area contributed by atoms with Gasteiger partial charge in [0.1, 0.15) is 17.8 Å². The quantitative estimate of drug-likeness (QED) is 0.387. The van der Waals surface area contributed by atoms with Crippen LogP contribution in [-0.4, -0.2) is 15.9 Å². The van der Waals surface area contributed by atoms with Gasteiger partial charge in [0.05, 0.1) is 0 Å². The predicted octanol–water partition coefficient (Wildman–Crippen LogP) is 3.85. The molecule has 3 aromatic carbocycles. The van der Waals surface area contributed by atoms with Crippen molar-refractivity contribution in [2.75, 3.05) is 16.5 Å². The number of nitrogens with one attached hydrogen (secondary N) is 3. The normalized spacial score (nSPS) is 10.5. The molecular formula is C21H17FN6O. The first-order valence-corrected chi connectivity index (χ1v) is 8.79. The standard InChI is InChI=1S/C21H17FN6O/c22-15-10-8-14(9-11-15)21(29)28-27-20-18(23)19(24-12-25-20)26-17-7-3-5-13-4-1-2-6-16(13)17/h1-12H,23H2,(H,28,29)(H2,24,25,26,27). The zero-order valence-corrected chi connectivity index (χ0v) is 15.2. The summed E-state index contributed by atoms with van der Waals surface area (Å²) in [5.74, 6) is -0.238. The van der Waals surface area contributed by atoms with Gasteiger partial charge in [0.2, 0.25) is 0 Å². The van der Waals surface area contributed by atoms with Gasteiger partial charge in [-0.2, -0.15) is 0 Å². The van der Waals surface area contributed by atoms with E-state index in [0.29, 0.717) is 11.4 Å². The zero-order chi connectivity index (χ0) is 20.2. The lowest BCUT2D eigenvalue weighted by atomic mass is 10.1. The van der Waals surface area contributed by atoms with Crippen LogP contribution in [0.1, 0.15) is 10.4 Å². The molecule has 0 unspecified atom stereocenters. The van der Waals surface area contributed by atoms with E-state index in [0.717, 1.165) is 16.5 Å². The summed E-state index contributed by atoms with van der Waals surface area (Å²) in [6.45, 7) is 0. The van der Waals surface area contributed by atoms with Gasteiger partial charge in [0.15, 0.2) is 11.6 Å². The number of nitrogens with two attached hydrogens (primary N) is 1. The molecule has 0 bridgehead atoms. The first-order chi connectivity index (χ1) is 14.1. The third-order valence-electron chi connectivity index (χ3n) is 4.33. The molecule has 1 heterocycles. The Balaban J connectivity index is 1.53. The van der Waals surface area contributed by atoms with E-state index < -0.39 is 11.7 Å². The maximum Gasteiger partial charge on any atom is 0.269 e. The number of fused-ring (bicyclic) bond motifs is 1. The Hall–Kier alpha value is -4.20. The van der Waals surface area contributed by atoms with Crippen LogP contribution in [0.4, 0.5) is 27.4 Å². The number of carbonyl (C=O) groups excluding carboxylic acids is 1. The second-order valence-electron chi connectivity index (χ2n) is 6.22. The van der Waals surface area contributed by atoms with E-state index in [1.54, 1.807) is 0 Å².